The molecule has 5 nitrogen and oxygen atoms in total. The van der Waals surface area contributed by atoms with Gasteiger partial charge >= 0.3 is 0 Å². The van der Waals surface area contributed by atoms with E-state index in [2.05, 4.69) is 35.2 Å². The van der Waals surface area contributed by atoms with Crippen LogP contribution in [-0.4, -0.2) is 50.6 Å². The van der Waals surface area contributed by atoms with Crippen molar-refractivity contribution in [3.05, 3.63) is 59.7 Å². The highest BCUT2D eigenvalue weighted by molar-refractivity contribution is 6.02. The van der Waals surface area contributed by atoms with Gasteiger partial charge in [0, 0.05) is 43.6 Å². The highest BCUT2D eigenvalue weighted by atomic mass is 16.5. The van der Waals surface area contributed by atoms with Gasteiger partial charge in [0.25, 0.3) is 0 Å². The summed E-state index contributed by atoms with van der Waals surface area (Å²) in [6, 6.07) is 13.8. The summed E-state index contributed by atoms with van der Waals surface area (Å²) in [5, 5.41) is 2.94. The number of carbonyl (C=O) groups excluding carboxylic acids is 1. The number of nitrogens with zero attached hydrogens (tertiary/aromatic N) is 2. The van der Waals surface area contributed by atoms with E-state index >= 15 is 0 Å². The van der Waals surface area contributed by atoms with Crippen molar-refractivity contribution in [3.8, 4) is 5.75 Å². The quantitative estimate of drug-likeness (QED) is 0.776. The Bertz CT molecular complexity index is 822. The number of rotatable bonds is 6. The average molecular weight is 380 g/mol. The second kappa shape index (κ2) is 9.42. The maximum absolute atomic E-state index is 12.3. The molecule has 0 aliphatic carbocycles. The van der Waals surface area contributed by atoms with Crippen molar-refractivity contribution in [3.63, 3.8) is 0 Å². The minimum atomic E-state index is -0.138. The van der Waals surface area contributed by atoms with Crippen LogP contribution in [0.15, 0.2) is 48.5 Å². The lowest BCUT2D eigenvalue weighted by Gasteiger charge is -2.35. The lowest BCUT2D eigenvalue weighted by molar-refractivity contribution is -0.111. The number of carbonyl (C=O) groups is 1. The van der Waals surface area contributed by atoms with E-state index in [0.29, 0.717) is 6.61 Å². The monoisotopic (exact) mass is 379 g/mol. The number of ether oxygens (including phenoxy) is 1. The number of anilines is 2. The van der Waals surface area contributed by atoms with E-state index in [4.69, 9.17) is 4.74 Å². The Morgan fingerprint density at radius 3 is 2.46 bits per heavy atom. The van der Waals surface area contributed by atoms with Gasteiger partial charge in [0.1, 0.15) is 5.75 Å². The Morgan fingerprint density at radius 2 is 1.82 bits per heavy atom. The van der Waals surface area contributed by atoms with Crippen molar-refractivity contribution >= 4 is 23.4 Å². The second-order valence-electron chi connectivity index (χ2n) is 7.12. The van der Waals surface area contributed by atoms with Gasteiger partial charge in [0.05, 0.1) is 6.61 Å². The summed E-state index contributed by atoms with van der Waals surface area (Å²) in [7, 11) is 2.16. The van der Waals surface area contributed by atoms with E-state index in [9.17, 15) is 4.79 Å². The van der Waals surface area contributed by atoms with Crippen LogP contribution in [0.5, 0.6) is 5.75 Å². The summed E-state index contributed by atoms with van der Waals surface area (Å²) in [6.45, 7) is 8.92. The first-order chi connectivity index (χ1) is 13.5. The van der Waals surface area contributed by atoms with Gasteiger partial charge in [-0.15, -0.1) is 0 Å². The molecule has 3 rings (SSSR count). The molecule has 1 aliphatic rings. The molecule has 0 unspecified atom stereocenters. The molecule has 0 aromatic heterocycles. The topological polar surface area (TPSA) is 44.8 Å². The number of piperazine rings is 1. The molecule has 1 amide bonds. The second-order valence-corrected chi connectivity index (χ2v) is 7.12. The van der Waals surface area contributed by atoms with Gasteiger partial charge in [-0.2, -0.15) is 0 Å². The van der Waals surface area contributed by atoms with Crippen molar-refractivity contribution in [1.29, 1.82) is 0 Å². The third kappa shape index (κ3) is 5.36. The molecule has 2 aromatic carbocycles. The van der Waals surface area contributed by atoms with Gasteiger partial charge in [-0.1, -0.05) is 12.1 Å². The molecule has 0 atom stereocenters. The number of amides is 1. The molecule has 0 spiro atoms. The summed E-state index contributed by atoms with van der Waals surface area (Å²) in [6.07, 6.45) is 3.36. The molecule has 0 radical (unpaired) electrons. The lowest BCUT2D eigenvalue weighted by Crippen LogP contribution is -2.44. The highest BCUT2D eigenvalue weighted by Crippen LogP contribution is 2.24. The Balaban J connectivity index is 1.58. The van der Waals surface area contributed by atoms with Crippen LogP contribution in [0.3, 0.4) is 0 Å². The fraction of sp³-hybridized carbons (Fsp3) is 0.348. The van der Waals surface area contributed by atoms with E-state index < -0.39 is 0 Å². The van der Waals surface area contributed by atoms with Gasteiger partial charge in [-0.3, -0.25) is 4.79 Å². The lowest BCUT2D eigenvalue weighted by atomic mass is 10.1. The predicted molar refractivity (Wildman–Crippen MR) is 116 cm³/mol. The van der Waals surface area contributed by atoms with Gasteiger partial charge < -0.3 is 19.9 Å². The third-order valence-corrected chi connectivity index (χ3v) is 4.93. The van der Waals surface area contributed by atoms with Crippen molar-refractivity contribution < 1.29 is 9.53 Å². The van der Waals surface area contributed by atoms with Gasteiger partial charge in [-0.25, -0.2) is 0 Å². The molecular formula is C23H29N3O2. The van der Waals surface area contributed by atoms with Crippen molar-refractivity contribution in [1.82, 2.24) is 4.90 Å². The van der Waals surface area contributed by atoms with Crippen LogP contribution >= 0.6 is 0 Å². The fourth-order valence-corrected chi connectivity index (χ4v) is 3.33. The van der Waals surface area contributed by atoms with Crippen LogP contribution in [-0.2, 0) is 4.79 Å². The standard InChI is InChI=1S/C23H29N3O2/c1-4-28-21-9-5-19(6-10-21)7-12-23(27)24-20-8-11-22(18(2)17-20)26-15-13-25(3)14-16-26/h5-12,17H,4,13-16H2,1-3H3,(H,24,27)/b12-7+. The summed E-state index contributed by atoms with van der Waals surface area (Å²) in [4.78, 5) is 17.0. The van der Waals surface area contributed by atoms with E-state index in [-0.39, 0.29) is 5.91 Å². The van der Waals surface area contributed by atoms with E-state index in [1.807, 2.05) is 43.3 Å². The Morgan fingerprint density at radius 1 is 1.11 bits per heavy atom. The van der Waals surface area contributed by atoms with Crippen molar-refractivity contribution in [2.24, 2.45) is 0 Å². The molecule has 0 bridgehead atoms. The minimum absolute atomic E-state index is 0.138. The number of aryl methyl sites for hydroxylation is 1. The van der Waals surface area contributed by atoms with Crippen molar-refractivity contribution in [2.75, 3.05) is 50.1 Å². The summed E-state index contributed by atoms with van der Waals surface area (Å²) in [5.74, 6) is 0.695. The molecule has 2 aromatic rings. The van der Waals surface area contributed by atoms with E-state index in [0.717, 1.165) is 43.2 Å². The van der Waals surface area contributed by atoms with E-state index in [1.165, 1.54) is 11.3 Å². The van der Waals surface area contributed by atoms with Crippen LogP contribution in [0, 0.1) is 6.92 Å². The van der Waals surface area contributed by atoms with Gasteiger partial charge in [0.2, 0.25) is 5.91 Å². The Kier molecular flexibility index (Phi) is 6.71. The summed E-state index contributed by atoms with van der Waals surface area (Å²) in [5.41, 5.74) is 4.20. The van der Waals surface area contributed by atoms with Crippen LogP contribution in [0.25, 0.3) is 6.08 Å². The van der Waals surface area contributed by atoms with Crippen LogP contribution in [0.2, 0.25) is 0 Å². The number of benzene rings is 2. The molecule has 1 N–H and O–H groups in total. The molecule has 5 heteroatoms. The third-order valence-electron chi connectivity index (χ3n) is 4.93. The molecule has 1 fully saturated rings. The van der Waals surface area contributed by atoms with Gasteiger partial charge in [0.15, 0.2) is 0 Å². The summed E-state index contributed by atoms with van der Waals surface area (Å²) >= 11 is 0. The Hall–Kier alpha value is -2.79. The zero-order chi connectivity index (χ0) is 19.9. The summed E-state index contributed by atoms with van der Waals surface area (Å²) < 4.78 is 5.43. The molecule has 1 aliphatic heterocycles. The smallest absolute Gasteiger partial charge is 0.248 e. The fourth-order valence-electron chi connectivity index (χ4n) is 3.33. The van der Waals surface area contributed by atoms with Gasteiger partial charge in [-0.05, 0) is 68.4 Å². The number of likely N-dealkylation sites (N-methyl/N-ethyl adjacent to an activating group) is 1. The number of hydrogen-bond acceptors (Lipinski definition) is 4. The molecule has 1 saturated heterocycles. The number of hydrogen-bond donors (Lipinski definition) is 1. The normalized spacial score (nSPS) is 15.0. The largest absolute Gasteiger partial charge is 0.494 e. The first kappa shape index (κ1) is 20.0. The highest BCUT2D eigenvalue weighted by Gasteiger charge is 2.16. The maximum Gasteiger partial charge on any atom is 0.248 e. The van der Waals surface area contributed by atoms with Crippen LogP contribution in [0.4, 0.5) is 11.4 Å². The van der Waals surface area contributed by atoms with Crippen molar-refractivity contribution in [2.45, 2.75) is 13.8 Å². The number of nitrogens with one attached hydrogen (secondary N) is 1. The Labute approximate surface area is 167 Å². The maximum atomic E-state index is 12.3. The first-order valence-corrected chi connectivity index (χ1v) is 9.81. The molecule has 1 heterocycles. The van der Waals surface area contributed by atoms with Crippen LogP contribution < -0.4 is 15.0 Å². The SMILES string of the molecule is CCOc1ccc(/C=C/C(=O)Nc2ccc(N3CCN(C)CC3)c(C)c2)cc1. The molecule has 0 saturated carbocycles. The molecule has 148 valence electrons. The van der Waals surface area contributed by atoms with Crippen LogP contribution in [0.1, 0.15) is 18.1 Å². The zero-order valence-electron chi connectivity index (χ0n) is 16.9. The average Bonchev–Trinajstić information content (AvgIpc) is 2.69. The minimum Gasteiger partial charge on any atom is -0.494 e. The zero-order valence-corrected chi connectivity index (χ0v) is 16.9. The predicted octanol–water partition coefficient (Wildman–Crippen LogP) is 3.80. The first-order valence-electron chi connectivity index (χ1n) is 9.81. The van der Waals surface area contributed by atoms with E-state index in [1.54, 1.807) is 12.2 Å². The molecular weight excluding hydrogens is 350 g/mol. The molecule has 28 heavy (non-hydrogen) atoms.